The van der Waals surface area contributed by atoms with E-state index < -0.39 is 5.97 Å². The molecule has 4 nitrogen and oxygen atoms in total. The summed E-state index contributed by atoms with van der Waals surface area (Å²) in [5.41, 5.74) is 3.61. The van der Waals surface area contributed by atoms with Crippen LogP contribution in [0.2, 0.25) is 0 Å². The minimum Gasteiger partial charge on any atom is -0.481 e. The molecule has 0 unspecified atom stereocenters. The third-order valence-corrected chi connectivity index (χ3v) is 2.40. The van der Waals surface area contributed by atoms with Gasteiger partial charge < -0.3 is 5.11 Å². The van der Waals surface area contributed by atoms with Gasteiger partial charge in [-0.3, -0.25) is 9.89 Å². The maximum atomic E-state index is 10.7. The molecule has 16 heavy (non-hydrogen) atoms. The van der Waals surface area contributed by atoms with Crippen LogP contribution in [0, 0.1) is 6.92 Å². The van der Waals surface area contributed by atoms with Crippen LogP contribution in [0.1, 0.15) is 11.1 Å². The van der Waals surface area contributed by atoms with Gasteiger partial charge in [-0.15, -0.1) is 0 Å². The second kappa shape index (κ2) is 4.18. The zero-order chi connectivity index (χ0) is 11.5. The first-order chi connectivity index (χ1) is 7.66. The second-order valence-corrected chi connectivity index (χ2v) is 3.71. The van der Waals surface area contributed by atoms with E-state index in [9.17, 15) is 4.79 Å². The van der Waals surface area contributed by atoms with E-state index in [0.717, 1.165) is 11.3 Å². The molecule has 0 atom stereocenters. The summed E-state index contributed by atoms with van der Waals surface area (Å²) in [6, 6.07) is 7.88. The van der Waals surface area contributed by atoms with E-state index in [0.29, 0.717) is 5.56 Å². The topological polar surface area (TPSA) is 66.0 Å². The standard InChI is InChI=1S/C12H12N2O2/c1-8-2-4-9(5-3-8)12-10(6-11(15)16)7-13-14-12/h2-5,7H,6H2,1H3,(H,13,14)(H,15,16). The summed E-state index contributed by atoms with van der Waals surface area (Å²) in [6.07, 6.45) is 1.54. The summed E-state index contributed by atoms with van der Waals surface area (Å²) >= 11 is 0. The maximum Gasteiger partial charge on any atom is 0.307 e. The van der Waals surface area contributed by atoms with Gasteiger partial charge in [0.1, 0.15) is 0 Å². The Morgan fingerprint density at radius 1 is 1.38 bits per heavy atom. The van der Waals surface area contributed by atoms with Crippen molar-refractivity contribution in [2.45, 2.75) is 13.3 Å². The quantitative estimate of drug-likeness (QED) is 0.824. The SMILES string of the molecule is Cc1ccc(-c2[nH]ncc2CC(=O)O)cc1. The molecule has 0 bridgehead atoms. The van der Waals surface area contributed by atoms with Crippen LogP contribution in [0.3, 0.4) is 0 Å². The lowest BCUT2D eigenvalue weighted by molar-refractivity contribution is -0.136. The molecule has 0 saturated carbocycles. The molecule has 0 spiro atoms. The molecule has 0 aliphatic heterocycles. The Labute approximate surface area is 92.9 Å². The number of hydrogen-bond acceptors (Lipinski definition) is 2. The molecule has 0 fully saturated rings. The summed E-state index contributed by atoms with van der Waals surface area (Å²) < 4.78 is 0. The van der Waals surface area contributed by atoms with Crippen LogP contribution in [-0.2, 0) is 11.2 Å². The van der Waals surface area contributed by atoms with Crippen LogP contribution >= 0.6 is 0 Å². The molecule has 1 aromatic carbocycles. The number of aliphatic carboxylic acids is 1. The largest absolute Gasteiger partial charge is 0.481 e. The van der Waals surface area contributed by atoms with Crippen LogP contribution in [-0.4, -0.2) is 21.3 Å². The smallest absolute Gasteiger partial charge is 0.307 e. The van der Waals surface area contributed by atoms with Gasteiger partial charge in [0, 0.05) is 5.56 Å². The van der Waals surface area contributed by atoms with Gasteiger partial charge in [0.05, 0.1) is 18.3 Å². The minimum absolute atomic E-state index is 0.0142. The molecule has 0 aliphatic rings. The molecule has 2 N–H and O–H groups in total. The summed E-state index contributed by atoms with van der Waals surface area (Å²) in [4.78, 5) is 10.7. The molecular formula is C12H12N2O2. The van der Waals surface area contributed by atoms with Crippen molar-refractivity contribution in [3.63, 3.8) is 0 Å². The molecule has 4 heteroatoms. The van der Waals surface area contributed by atoms with Crippen molar-refractivity contribution in [1.29, 1.82) is 0 Å². The van der Waals surface area contributed by atoms with Crippen molar-refractivity contribution in [2.24, 2.45) is 0 Å². The highest BCUT2D eigenvalue weighted by Crippen LogP contribution is 2.21. The molecule has 1 aromatic heterocycles. The van der Waals surface area contributed by atoms with Gasteiger partial charge in [-0.2, -0.15) is 5.10 Å². The lowest BCUT2D eigenvalue weighted by Gasteiger charge is -2.01. The fraction of sp³-hybridized carbons (Fsp3) is 0.167. The number of carboxylic acid groups (broad SMARTS) is 1. The van der Waals surface area contributed by atoms with Crippen molar-refractivity contribution in [3.8, 4) is 11.3 Å². The summed E-state index contributed by atoms with van der Waals surface area (Å²) in [7, 11) is 0. The Morgan fingerprint density at radius 2 is 2.06 bits per heavy atom. The van der Waals surface area contributed by atoms with Gasteiger partial charge in [-0.25, -0.2) is 0 Å². The lowest BCUT2D eigenvalue weighted by atomic mass is 10.0. The number of nitrogens with one attached hydrogen (secondary N) is 1. The predicted octanol–water partition coefficient (Wildman–Crippen LogP) is 2.01. The number of hydrogen-bond donors (Lipinski definition) is 2. The third-order valence-electron chi connectivity index (χ3n) is 2.40. The van der Waals surface area contributed by atoms with E-state index in [1.54, 1.807) is 6.20 Å². The molecule has 0 radical (unpaired) electrons. The Morgan fingerprint density at radius 3 is 2.69 bits per heavy atom. The Bertz CT molecular complexity index is 500. The van der Waals surface area contributed by atoms with Gasteiger partial charge in [-0.1, -0.05) is 29.8 Å². The molecule has 0 saturated heterocycles. The van der Waals surface area contributed by atoms with E-state index >= 15 is 0 Å². The van der Waals surface area contributed by atoms with Gasteiger partial charge in [0.15, 0.2) is 0 Å². The number of nitrogens with zero attached hydrogens (tertiary/aromatic N) is 1. The predicted molar refractivity (Wildman–Crippen MR) is 60.1 cm³/mol. The average Bonchev–Trinajstić information content (AvgIpc) is 2.66. The molecule has 0 amide bonds. The number of rotatable bonds is 3. The van der Waals surface area contributed by atoms with E-state index in [2.05, 4.69) is 10.2 Å². The first-order valence-corrected chi connectivity index (χ1v) is 4.98. The highest BCUT2D eigenvalue weighted by atomic mass is 16.4. The monoisotopic (exact) mass is 216 g/mol. The van der Waals surface area contributed by atoms with Crippen LogP contribution < -0.4 is 0 Å². The molecule has 2 aromatic rings. The number of benzene rings is 1. The lowest BCUT2D eigenvalue weighted by Crippen LogP contribution is -2.00. The van der Waals surface area contributed by atoms with Crippen LogP contribution in [0.25, 0.3) is 11.3 Å². The summed E-state index contributed by atoms with van der Waals surface area (Å²) in [5.74, 6) is -0.852. The van der Waals surface area contributed by atoms with Gasteiger partial charge in [-0.05, 0) is 12.5 Å². The Balaban J connectivity index is 2.36. The van der Waals surface area contributed by atoms with Crippen molar-refractivity contribution < 1.29 is 9.90 Å². The second-order valence-electron chi connectivity index (χ2n) is 3.71. The third kappa shape index (κ3) is 2.11. The number of aryl methyl sites for hydroxylation is 1. The molecule has 82 valence electrons. The summed E-state index contributed by atoms with van der Waals surface area (Å²) in [6.45, 7) is 2.01. The number of aromatic nitrogens is 2. The van der Waals surface area contributed by atoms with Gasteiger partial charge >= 0.3 is 5.97 Å². The number of carbonyl (C=O) groups is 1. The fourth-order valence-electron chi connectivity index (χ4n) is 1.58. The summed E-state index contributed by atoms with van der Waals surface area (Å²) in [5, 5.41) is 15.5. The molecular weight excluding hydrogens is 204 g/mol. The van der Waals surface area contributed by atoms with Crippen molar-refractivity contribution >= 4 is 5.97 Å². The van der Waals surface area contributed by atoms with Crippen molar-refractivity contribution in [3.05, 3.63) is 41.6 Å². The van der Waals surface area contributed by atoms with E-state index in [4.69, 9.17) is 5.11 Å². The fourth-order valence-corrected chi connectivity index (χ4v) is 1.58. The zero-order valence-electron chi connectivity index (χ0n) is 8.90. The first kappa shape index (κ1) is 10.4. The normalized spacial score (nSPS) is 10.3. The van der Waals surface area contributed by atoms with E-state index in [-0.39, 0.29) is 6.42 Å². The van der Waals surface area contributed by atoms with Gasteiger partial charge in [0.2, 0.25) is 0 Å². The minimum atomic E-state index is -0.852. The maximum absolute atomic E-state index is 10.7. The van der Waals surface area contributed by atoms with Crippen LogP contribution in [0.5, 0.6) is 0 Å². The van der Waals surface area contributed by atoms with Crippen molar-refractivity contribution in [2.75, 3.05) is 0 Å². The van der Waals surface area contributed by atoms with Crippen molar-refractivity contribution in [1.82, 2.24) is 10.2 Å². The zero-order valence-corrected chi connectivity index (χ0v) is 8.90. The Hall–Kier alpha value is -2.10. The number of H-pyrrole nitrogens is 1. The van der Waals surface area contributed by atoms with Crippen LogP contribution in [0.15, 0.2) is 30.5 Å². The molecule has 1 heterocycles. The average molecular weight is 216 g/mol. The van der Waals surface area contributed by atoms with E-state index in [1.807, 2.05) is 31.2 Å². The first-order valence-electron chi connectivity index (χ1n) is 4.98. The number of carboxylic acids is 1. The number of aromatic amines is 1. The van der Waals surface area contributed by atoms with Gasteiger partial charge in [0.25, 0.3) is 0 Å². The molecule has 0 aliphatic carbocycles. The van der Waals surface area contributed by atoms with E-state index in [1.165, 1.54) is 5.56 Å². The molecule has 2 rings (SSSR count). The highest BCUT2D eigenvalue weighted by Gasteiger charge is 2.10. The Kier molecular flexibility index (Phi) is 2.72. The van der Waals surface area contributed by atoms with Crippen LogP contribution in [0.4, 0.5) is 0 Å². The highest BCUT2D eigenvalue weighted by molar-refractivity contribution is 5.74.